The third-order valence-electron chi connectivity index (χ3n) is 2.37. The fourth-order valence-corrected chi connectivity index (χ4v) is 2.54. The fourth-order valence-electron chi connectivity index (χ4n) is 1.49. The smallest absolute Gasteiger partial charge is 0.121 e. The molecule has 0 spiro atoms. The van der Waals surface area contributed by atoms with Crippen molar-refractivity contribution in [2.24, 2.45) is 5.73 Å². The third-order valence-corrected chi connectivity index (χ3v) is 3.61. The maximum atomic E-state index is 5.84. The molecule has 0 aliphatic carbocycles. The lowest BCUT2D eigenvalue weighted by Gasteiger charge is -1.96. The summed E-state index contributed by atoms with van der Waals surface area (Å²) in [5, 5.41) is 11.2. The Hall–Kier alpha value is -0.970. The number of halogens is 1. The molecule has 0 aliphatic rings. The van der Waals surface area contributed by atoms with E-state index in [1.807, 2.05) is 24.3 Å². The van der Waals surface area contributed by atoms with Crippen molar-refractivity contribution in [3.63, 3.8) is 0 Å². The molecular formula is C12H14ClN3S. The number of hydrogen-bond acceptors (Lipinski definition) is 4. The first-order valence-electron chi connectivity index (χ1n) is 5.53. The van der Waals surface area contributed by atoms with Gasteiger partial charge in [-0.05, 0) is 30.7 Å². The molecule has 0 unspecified atom stereocenters. The number of nitrogens with zero attached hydrogens (tertiary/aromatic N) is 2. The molecule has 0 amide bonds. The van der Waals surface area contributed by atoms with E-state index in [2.05, 4.69) is 10.2 Å². The molecule has 17 heavy (non-hydrogen) atoms. The Kier molecular flexibility index (Phi) is 4.48. The molecule has 2 N–H and O–H groups in total. The lowest BCUT2D eigenvalue weighted by Crippen LogP contribution is -1.99. The van der Waals surface area contributed by atoms with E-state index >= 15 is 0 Å². The topological polar surface area (TPSA) is 51.8 Å². The van der Waals surface area contributed by atoms with Crippen molar-refractivity contribution in [1.29, 1.82) is 0 Å². The average Bonchev–Trinajstić information content (AvgIpc) is 2.77. The van der Waals surface area contributed by atoms with Crippen LogP contribution >= 0.6 is 22.9 Å². The molecule has 0 aliphatic heterocycles. The minimum absolute atomic E-state index is 0.700. The predicted octanol–water partition coefficient (Wildman–Crippen LogP) is 2.67. The summed E-state index contributed by atoms with van der Waals surface area (Å²) in [6.07, 6.45) is 2.71. The maximum absolute atomic E-state index is 5.84. The second-order valence-electron chi connectivity index (χ2n) is 3.79. The largest absolute Gasteiger partial charge is 0.330 e. The molecule has 0 radical (unpaired) electrons. The van der Waals surface area contributed by atoms with Crippen LogP contribution in [0.2, 0.25) is 5.02 Å². The quantitative estimate of drug-likeness (QED) is 0.906. The lowest BCUT2D eigenvalue weighted by molar-refractivity contribution is 0.809. The van der Waals surface area contributed by atoms with E-state index in [1.165, 1.54) is 5.56 Å². The van der Waals surface area contributed by atoms with E-state index in [9.17, 15) is 0 Å². The van der Waals surface area contributed by atoms with Crippen LogP contribution in [0, 0.1) is 0 Å². The predicted molar refractivity (Wildman–Crippen MR) is 71.5 cm³/mol. The summed E-state index contributed by atoms with van der Waals surface area (Å²) in [7, 11) is 0. The summed E-state index contributed by atoms with van der Waals surface area (Å²) >= 11 is 7.50. The van der Waals surface area contributed by atoms with Crippen LogP contribution in [-0.2, 0) is 12.8 Å². The zero-order valence-electron chi connectivity index (χ0n) is 9.40. The zero-order valence-corrected chi connectivity index (χ0v) is 11.0. The third kappa shape index (κ3) is 3.77. The van der Waals surface area contributed by atoms with Crippen molar-refractivity contribution in [2.75, 3.05) is 6.54 Å². The van der Waals surface area contributed by atoms with Crippen LogP contribution in [0.15, 0.2) is 24.3 Å². The number of nitrogens with two attached hydrogens (primary N) is 1. The lowest BCUT2D eigenvalue weighted by atomic mass is 10.2. The highest BCUT2D eigenvalue weighted by atomic mass is 35.5. The first-order chi connectivity index (χ1) is 8.28. The molecule has 0 atom stereocenters. The van der Waals surface area contributed by atoms with Crippen molar-refractivity contribution < 1.29 is 0 Å². The Morgan fingerprint density at radius 1 is 1.12 bits per heavy atom. The highest BCUT2D eigenvalue weighted by Gasteiger charge is 2.04. The van der Waals surface area contributed by atoms with Gasteiger partial charge < -0.3 is 5.73 Å². The van der Waals surface area contributed by atoms with Gasteiger partial charge >= 0.3 is 0 Å². The Labute approximate surface area is 110 Å². The van der Waals surface area contributed by atoms with Crippen molar-refractivity contribution in [3.05, 3.63) is 44.9 Å². The summed E-state index contributed by atoms with van der Waals surface area (Å²) < 4.78 is 0. The van der Waals surface area contributed by atoms with E-state index in [0.29, 0.717) is 6.54 Å². The highest BCUT2D eigenvalue weighted by Crippen LogP contribution is 2.17. The Balaban J connectivity index is 1.98. The molecule has 1 heterocycles. The average molecular weight is 268 g/mol. The van der Waals surface area contributed by atoms with Gasteiger partial charge in [-0.2, -0.15) is 0 Å². The van der Waals surface area contributed by atoms with Crippen LogP contribution in [0.5, 0.6) is 0 Å². The number of hydrogen-bond donors (Lipinski definition) is 1. The van der Waals surface area contributed by atoms with Gasteiger partial charge in [-0.15, -0.1) is 21.5 Å². The molecule has 2 rings (SSSR count). The summed E-state index contributed by atoms with van der Waals surface area (Å²) in [5.41, 5.74) is 6.67. The maximum Gasteiger partial charge on any atom is 0.121 e. The van der Waals surface area contributed by atoms with Crippen molar-refractivity contribution in [3.8, 4) is 0 Å². The van der Waals surface area contributed by atoms with Crippen LogP contribution in [0.4, 0.5) is 0 Å². The van der Waals surface area contributed by atoms with Gasteiger partial charge in [0.15, 0.2) is 0 Å². The van der Waals surface area contributed by atoms with Crippen molar-refractivity contribution >= 4 is 22.9 Å². The minimum atomic E-state index is 0.700. The Morgan fingerprint density at radius 2 is 1.82 bits per heavy atom. The number of rotatable bonds is 5. The molecule has 0 saturated heterocycles. The van der Waals surface area contributed by atoms with Crippen LogP contribution in [0.3, 0.4) is 0 Å². The summed E-state index contributed by atoms with van der Waals surface area (Å²) in [4.78, 5) is 0. The van der Waals surface area contributed by atoms with Gasteiger partial charge in [0.1, 0.15) is 10.0 Å². The van der Waals surface area contributed by atoms with Crippen molar-refractivity contribution in [1.82, 2.24) is 10.2 Å². The first kappa shape index (κ1) is 12.5. The van der Waals surface area contributed by atoms with Crippen LogP contribution < -0.4 is 5.73 Å². The van der Waals surface area contributed by atoms with E-state index < -0.39 is 0 Å². The van der Waals surface area contributed by atoms with Gasteiger partial charge in [-0.1, -0.05) is 23.7 Å². The van der Waals surface area contributed by atoms with Crippen LogP contribution in [-0.4, -0.2) is 16.7 Å². The monoisotopic (exact) mass is 267 g/mol. The summed E-state index contributed by atoms with van der Waals surface area (Å²) in [5.74, 6) is 0. The van der Waals surface area contributed by atoms with Crippen LogP contribution in [0.25, 0.3) is 0 Å². The van der Waals surface area contributed by atoms with E-state index in [1.54, 1.807) is 11.3 Å². The first-order valence-corrected chi connectivity index (χ1v) is 6.73. The molecule has 0 bridgehead atoms. The summed E-state index contributed by atoms with van der Waals surface area (Å²) in [6.45, 7) is 0.700. The molecule has 5 heteroatoms. The van der Waals surface area contributed by atoms with Gasteiger partial charge in [0, 0.05) is 17.9 Å². The standard InChI is InChI=1S/C12H14ClN3S/c13-10-5-3-9(4-6-10)8-12-16-15-11(17-12)2-1-7-14/h3-6H,1-2,7-8,14H2. The highest BCUT2D eigenvalue weighted by molar-refractivity contribution is 7.11. The van der Waals surface area contributed by atoms with Gasteiger partial charge in [-0.3, -0.25) is 0 Å². The molecular weight excluding hydrogens is 254 g/mol. The second-order valence-corrected chi connectivity index (χ2v) is 5.37. The molecule has 1 aromatic heterocycles. The normalized spacial score (nSPS) is 10.7. The molecule has 90 valence electrons. The zero-order chi connectivity index (χ0) is 12.1. The number of benzene rings is 1. The molecule has 3 nitrogen and oxygen atoms in total. The Morgan fingerprint density at radius 3 is 2.53 bits per heavy atom. The Bertz CT molecular complexity index is 467. The second kappa shape index (κ2) is 6.10. The molecule has 0 saturated carbocycles. The van der Waals surface area contributed by atoms with E-state index in [0.717, 1.165) is 34.3 Å². The summed E-state index contributed by atoms with van der Waals surface area (Å²) in [6, 6.07) is 7.83. The van der Waals surface area contributed by atoms with E-state index in [4.69, 9.17) is 17.3 Å². The van der Waals surface area contributed by atoms with Crippen LogP contribution in [0.1, 0.15) is 22.0 Å². The van der Waals surface area contributed by atoms with Crippen molar-refractivity contribution in [2.45, 2.75) is 19.3 Å². The fraction of sp³-hybridized carbons (Fsp3) is 0.333. The van der Waals surface area contributed by atoms with Gasteiger partial charge in [0.25, 0.3) is 0 Å². The number of aromatic nitrogens is 2. The number of aryl methyl sites for hydroxylation is 1. The molecule has 0 fully saturated rings. The van der Waals surface area contributed by atoms with Gasteiger partial charge in [0.2, 0.25) is 0 Å². The molecule has 2 aromatic rings. The van der Waals surface area contributed by atoms with E-state index in [-0.39, 0.29) is 0 Å². The molecule has 1 aromatic carbocycles. The van der Waals surface area contributed by atoms with Gasteiger partial charge in [-0.25, -0.2) is 0 Å². The van der Waals surface area contributed by atoms with Gasteiger partial charge in [0.05, 0.1) is 0 Å². The minimum Gasteiger partial charge on any atom is -0.330 e. The SMILES string of the molecule is NCCCc1nnc(Cc2ccc(Cl)cc2)s1.